The molecular weight excluding hydrogens is 428 g/mol. The Morgan fingerprint density at radius 3 is 2.62 bits per heavy atom. The topological polar surface area (TPSA) is 88.9 Å². The molecule has 8 heteroatoms. The molecule has 176 valence electrons. The van der Waals surface area contributed by atoms with Crippen LogP contribution in [-0.2, 0) is 6.54 Å². The highest BCUT2D eigenvalue weighted by Gasteiger charge is 2.32. The minimum Gasteiger partial charge on any atom is -0.497 e. The van der Waals surface area contributed by atoms with Gasteiger partial charge in [0, 0.05) is 11.1 Å². The summed E-state index contributed by atoms with van der Waals surface area (Å²) in [7, 11) is 1.65. The van der Waals surface area contributed by atoms with E-state index in [1.54, 1.807) is 7.11 Å². The van der Waals surface area contributed by atoms with Gasteiger partial charge in [-0.05, 0) is 90.5 Å². The molecule has 5 rings (SSSR count). The first-order valence-corrected chi connectivity index (χ1v) is 11.8. The second-order valence-corrected chi connectivity index (χ2v) is 9.31. The molecule has 0 unspecified atom stereocenters. The van der Waals surface area contributed by atoms with Gasteiger partial charge in [-0.3, -0.25) is 9.69 Å². The molecule has 0 saturated carbocycles. The summed E-state index contributed by atoms with van der Waals surface area (Å²) in [6, 6.07) is 15.6. The summed E-state index contributed by atoms with van der Waals surface area (Å²) >= 11 is 0. The van der Waals surface area contributed by atoms with E-state index < -0.39 is 0 Å². The van der Waals surface area contributed by atoms with Crippen LogP contribution in [-0.4, -0.2) is 50.3 Å². The molecule has 2 aromatic heterocycles. The van der Waals surface area contributed by atoms with Gasteiger partial charge in [0.1, 0.15) is 11.8 Å². The number of aromatic amines is 1. The largest absolute Gasteiger partial charge is 0.497 e. The average Bonchev–Trinajstić information content (AvgIpc) is 3.29. The van der Waals surface area contributed by atoms with E-state index >= 15 is 0 Å². The van der Waals surface area contributed by atoms with Crippen molar-refractivity contribution in [1.82, 2.24) is 30.1 Å². The van der Waals surface area contributed by atoms with Crippen LogP contribution in [0, 0.1) is 12.8 Å². The molecule has 0 spiro atoms. The third kappa shape index (κ3) is 4.46. The first-order chi connectivity index (χ1) is 16.5. The summed E-state index contributed by atoms with van der Waals surface area (Å²) in [5.74, 6) is 2.16. The maximum atomic E-state index is 13.3. The predicted molar refractivity (Wildman–Crippen MR) is 131 cm³/mol. The highest BCUT2D eigenvalue weighted by Crippen LogP contribution is 2.31. The van der Waals surface area contributed by atoms with Gasteiger partial charge < -0.3 is 9.72 Å². The lowest BCUT2D eigenvalue weighted by Gasteiger charge is -2.35. The normalized spacial score (nSPS) is 16.1. The number of nitrogens with one attached hydrogen (secondary N) is 1. The van der Waals surface area contributed by atoms with Gasteiger partial charge in [0.15, 0.2) is 5.82 Å². The van der Waals surface area contributed by atoms with Crippen LogP contribution in [0.3, 0.4) is 0 Å². The van der Waals surface area contributed by atoms with Crippen molar-refractivity contribution in [1.29, 1.82) is 0 Å². The van der Waals surface area contributed by atoms with Crippen LogP contribution >= 0.6 is 0 Å². The Bertz CT molecular complexity index is 1340. The number of ether oxygens (including phenoxy) is 1. The molecule has 0 amide bonds. The first kappa shape index (κ1) is 22.3. The lowest BCUT2D eigenvalue weighted by molar-refractivity contribution is 0.149. The Kier molecular flexibility index (Phi) is 6.15. The van der Waals surface area contributed by atoms with Gasteiger partial charge in [-0.25, -0.2) is 4.68 Å². The van der Waals surface area contributed by atoms with Crippen LogP contribution < -0.4 is 10.3 Å². The minimum absolute atomic E-state index is 0.0982. The van der Waals surface area contributed by atoms with E-state index in [4.69, 9.17) is 4.74 Å². The quantitative estimate of drug-likeness (QED) is 0.474. The van der Waals surface area contributed by atoms with E-state index in [9.17, 15) is 4.79 Å². The second-order valence-electron chi connectivity index (χ2n) is 9.31. The lowest BCUT2D eigenvalue weighted by atomic mass is 9.95. The van der Waals surface area contributed by atoms with Crippen LogP contribution in [0.2, 0.25) is 0 Å². The van der Waals surface area contributed by atoms with E-state index in [-0.39, 0.29) is 11.6 Å². The van der Waals surface area contributed by atoms with Crippen molar-refractivity contribution >= 4 is 10.9 Å². The number of aryl methyl sites for hydroxylation is 1. The van der Waals surface area contributed by atoms with E-state index in [0.29, 0.717) is 23.9 Å². The molecule has 1 fully saturated rings. The van der Waals surface area contributed by atoms with Crippen LogP contribution in [0.25, 0.3) is 10.9 Å². The number of H-pyrrole nitrogens is 1. The summed E-state index contributed by atoms with van der Waals surface area (Å²) in [5.41, 5.74) is 3.63. The molecule has 0 aliphatic carbocycles. The Morgan fingerprint density at radius 2 is 1.88 bits per heavy atom. The molecule has 3 heterocycles. The number of hydrogen-bond donors (Lipinski definition) is 1. The molecule has 1 aliphatic rings. The van der Waals surface area contributed by atoms with E-state index in [1.807, 2.05) is 47.1 Å². The highest BCUT2D eigenvalue weighted by molar-refractivity contribution is 5.79. The van der Waals surface area contributed by atoms with Crippen molar-refractivity contribution < 1.29 is 4.74 Å². The Labute approximate surface area is 198 Å². The fourth-order valence-corrected chi connectivity index (χ4v) is 4.76. The smallest absolute Gasteiger partial charge is 0.253 e. The van der Waals surface area contributed by atoms with E-state index in [0.717, 1.165) is 53.7 Å². The maximum absolute atomic E-state index is 13.3. The Hall–Kier alpha value is -3.52. The molecule has 1 aliphatic heterocycles. The minimum atomic E-state index is -0.325. The molecule has 2 aromatic carbocycles. The number of methoxy groups -OCH3 is 1. The number of pyridine rings is 1. The summed E-state index contributed by atoms with van der Waals surface area (Å²) < 4.78 is 7.09. The number of hydrogen-bond acceptors (Lipinski definition) is 6. The SMILES string of the molecule is COc1ccc(Cn2nnnc2[C@H](c2cc3cc(C)ccc3[nH]c2=O)N2CCC(C)CC2)cc1. The fourth-order valence-electron chi connectivity index (χ4n) is 4.76. The first-order valence-electron chi connectivity index (χ1n) is 11.8. The number of benzene rings is 2. The maximum Gasteiger partial charge on any atom is 0.253 e. The van der Waals surface area contributed by atoms with E-state index in [2.05, 4.69) is 45.3 Å². The van der Waals surface area contributed by atoms with Gasteiger partial charge in [0.25, 0.3) is 5.56 Å². The number of nitrogens with zero attached hydrogens (tertiary/aromatic N) is 5. The predicted octanol–water partition coefficient (Wildman–Crippen LogP) is 3.70. The second kappa shape index (κ2) is 9.38. The number of tetrazole rings is 1. The monoisotopic (exact) mass is 458 g/mol. The molecule has 1 N–H and O–H groups in total. The summed E-state index contributed by atoms with van der Waals surface area (Å²) in [4.78, 5) is 18.8. The number of fused-ring (bicyclic) bond motifs is 1. The van der Waals surface area contributed by atoms with Gasteiger partial charge in [-0.2, -0.15) is 0 Å². The van der Waals surface area contributed by atoms with Crippen molar-refractivity contribution in [3.8, 4) is 5.75 Å². The summed E-state index contributed by atoms with van der Waals surface area (Å²) in [6.45, 7) is 6.64. The number of piperidine rings is 1. The van der Waals surface area contributed by atoms with Gasteiger partial charge in [-0.1, -0.05) is 30.7 Å². The standard InChI is InChI=1S/C26H30N6O2/c1-17-10-12-31(13-11-17)24(22-15-20-14-18(2)4-9-23(20)27-26(22)33)25-28-29-30-32(25)16-19-5-7-21(34-3)8-6-19/h4-9,14-15,17,24H,10-13,16H2,1-3H3,(H,27,33)/t24-/m0/s1. The molecule has 0 radical (unpaired) electrons. The molecule has 4 aromatic rings. The lowest BCUT2D eigenvalue weighted by Crippen LogP contribution is -2.40. The van der Waals surface area contributed by atoms with Crippen molar-refractivity contribution in [2.45, 2.75) is 39.3 Å². The molecule has 1 saturated heterocycles. The van der Waals surface area contributed by atoms with Crippen LogP contribution in [0.4, 0.5) is 0 Å². The summed E-state index contributed by atoms with van der Waals surface area (Å²) in [5, 5.41) is 13.8. The number of rotatable bonds is 6. The third-order valence-corrected chi connectivity index (χ3v) is 6.80. The zero-order valence-corrected chi connectivity index (χ0v) is 19.9. The van der Waals surface area contributed by atoms with Crippen molar-refractivity contribution in [3.63, 3.8) is 0 Å². The summed E-state index contributed by atoms with van der Waals surface area (Å²) in [6.07, 6.45) is 2.17. The molecule has 34 heavy (non-hydrogen) atoms. The van der Waals surface area contributed by atoms with E-state index in [1.165, 1.54) is 0 Å². The number of likely N-dealkylation sites (tertiary alicyclic amines) is 1. The third-order valence-electron chi connectivity index (χ3n) is 6.80. The average molecular weight is 459 g/mol. The fraction of sp³-hybridized carbons (Fsp3) is 0.385. The van der Waals surface area contributed by atoms with Crippen molar-refractivity contribution in [2.24, 2.45) is 5.92 Å². The molecular formula is C26H30N6O2. The van der Waals surface area contributed by atoms with Gasteiger partial charge in [0.2, 0.25) is 0 Å². The van der Waals surface area contributed by atoms with Gasteiger partial charge >= 0.3 is 0 Å². The van der Waals surface area contributed by atoms with Crippen LogP contribution in [0.15, 0.2) is 53.3 Å². The van der Waals surface area contributed by atoms with Gasteiger partial charge in [0.05, 0.1) is 13.7 Å². The molecule has 0 bridgehead atoms. The molecule has 1 atom stereocenters. The van der Waals surface area contributed by atoms with Crippen LogP contribution in [0.1, 0.15) is 48.3 Å². The Morgan fingerprint density at radius 1 is 1.12 bits per heavy atom. The Balaban J connectivity index is 1.58. The number of aromatic nitrogens is 5. The highest BCUT2D eigenvalue weighted by atomic mass is 16.5. The van der Waals surface area contributed by atoms with Gasteiger partial charge in [-0.15, -0.1) is 5.10 Å². The molecule has 8 nitrogen and oxygen atoms in total. The van der Waals surface area contributed by atoms with Crippen LogP contribution in [0.5, 0.6) is 5.75 Å². The zero-order chi connectivity index (χ0) is 23.7. The van der Waals surface area contributed by atoms with Crippen molar-refractivity contribution in [3.05, 3.63) is 81.4 Å². The van der Waals surface area contributed by atoms with Crippen molar-refractivity contribution in [2.75, 3.05) is 20.2 Å². The zero-order valence-electron chi connectivity index (χ0n) is 19.9.